The lowest BCUT2D eigenvalue weighted by Crippen LogP contribution is -2.26. The minimum Gasteiger partial charge on any atom is -0.467 e. The Bertz CT molecular complexity index is 811. The van der Waals surface area contributed by atoms with Gasteiger partial charge in [0.15, 0.2) is 11.7 Å². The lowest BCUT2D eigenvalue weighted by atomic mass is 10.2. The third-order valence-electron chi connectivity index (χ3n) is 3.61. The molecule has 0 spiro atoms. The van der Waals surface area contributed by atoms with Gasteiger partial charge in [0.05, 0.1) is 24.1 Å². The van der Waals surface area contributed by atoms with Crippen LogP contribution in [0.4, 0.5) is 4.39 Å². The van der Waals surface area contributed by atoms with Gasteiger partial charge < -0.3 is 14.2 Å². The number of benzene rings is 1. The van der Waals surface area contributed by atoms with Crippen LogP contribution < -0.4 is 5.32 Å². The van der Waals surface area contributed by atoms with Gasteiger partial charge >= 0.3 is 0 Å². The van der Waals surface area contributed by atoms with E-state index in [2.05, 4.69) is 10.3 Å². The van der Waals surface area contributed by atoms with Gasteiger partial charge in [-0.3, -0.25) is 4.79 Å². The topological polar surface area (TPSA) is 68.3 Å². The highest BCUT2D eigenvalue weighted by molar-refractivity contribution is 5.76. The Balaban J connectivity index is 1.56. The Morgan fingerprint density at radius 2 is 2.12 bits per heavy atom. The van der Waals surface area contributed by atoms with Gasteiger partial charge in [-0.15, -0.1) is 0 Å². The zero-order valence-corrected chi connectivity index (χ0v) is 13.2. The molecule has 0 radical (unpaired) electrons. The van der Waals surface area contributed by atoms with E-state index in [0.717, 1.165) is 0 Å². The summed E-state index contributed by atoms with van der Waals surface area (Å²) >= 11 is 0. The van der Waals surface area contributed by atoms with Crippen molar-refractivity contribution in [1.82, 2.24) is 10.3 Å². The monoisotopic (exact) mass is 328 g/mol. The van der Waals surface area contributed by atoms with Crippen molar-refractivity contribution in [3.05, 3.63) is 66.3 Å². The SMILES string of the molecule is CC(NC(=O)CCc1ncc(-c2ccccc2F)o1)c1ccco1. The maximum Gasteiger partial charge on any atom is 0.221 e. The molecular formula is C18H17FN2O3. The number of nitrogens with one attached hydrogen (secondary N) is 1. The summed E-state index contributed by atoms with van der Waals surface area (Å²) in [4.78, 5) is 16.1. The Morgan fingerprint density at radius 3 is 2.88 bits per heavy atom. The molecule has 1 unspecified atom stereocenters. The molecule has 2 aromatic heterocycles. The Kier molecular flexibility index (Phi) is 4.74. The van der Waals surface area contributed by atoms with Crippen molar-refractivity contribution >= 4 is 5.91 Å². The smallest absolute Gasteiger partial charge is 0.221 e. The average Bonchev–Trinajstić information content (AvgIpc) is 3.25. The summed E-state index contributed by atoms with van der Waals surface area (Å²) in [6.45, 7) is 1.85. The number of hydrogen-bond donors (Lipinski definition) is 1. The third kappa shape index (κ3) is 3.71. The van der Waals surface area contributed by atoms with Gasteiger partial charge in [0.2, 0.25) is 5.91 Å². The van der Waals surface area contributed by atoms with Crippen LogP contribution >= 0.6 is 0 Å². The fourth-order valence-electron chi connectivity index (χ4n) is 2.35. The standard InChI is InChI=1S/C18H17FN2O3/c1-12(15-7-4-10-23-15)21-17(22)8-9-18-20-11-16(24-18)13-5-2-3-6-14(13)19/h2-7,10-12H,8-9H2,1H3,(H,21,22). The van der Waals surface area contributed by atoms with Crippen LogP contribution in [0.2, 0.25) is 0 Å². The van der Waals surface area contributed by atoms with Crippen molar-refractivity contribution in [2.75, 3.05) is 0 Å². The summed E-state index contributed by atoms with van der Waals surface area (Å²) in [5, 5.41) is 2.84. The summed E-state index contributed by atoms with van der Waals surface area (Å²) in [5.41, 5.74) is 0.354. The van der Waals surface area contributed by atoms with Gasteiger partial charge in [0.25, 0.3) is 0 Å². The molecule has 124 valence electrons. The summed E-state index contributed by atoms with van der Waals surface area (Å²) < 4.78 is 24.5. The number of furan rings is 1. The first-order valence-corrected chi connectivity index (χ1v) is 7.66. The van der Waals surface area contributed by atoms with Crippen LogP contribution in [-0.4, -0.2) is 10.9 Å². The molecule has 6 heteroatoms. The second-order valence-corrected chi connectivity index (χ2v) is 5.40. The molecule has 3 aromatic rings. The van der Waals surface area contributed by atoms with Crippen molar-refractivity contribution in [2.24, 2.45) is 0 Å². The van der Waals surface area contributed by atoms with Crippen LogP contribution in [0.5, 0.6) is 0 Å². The number of rotatable bonds is 6. The van der Waals surface area contributed by atoms with Gasteiger partial charge in [-0.25, -0.2) is 9.37 Å². The molecule has 1 aromatic carbocycles. The highest BCUT2D eigenvalue weighted by Crippen LogP contribution is 2.23. The molecular weight excluding hydrogens is 311 g/mol. The van der Waals surface area contributed by atoms with Crippen molar-refractivity contribution < 1.29 is 18.0 Å². The van der Waals surface area contributed by atoms with Gasteiger partial charge in [-0.1, -0.05) is 12.1 Å². The minimum absolute atomic E-state index is 0.135. The van der Waals surface area contributed by atoms with Crippen molar-refractivity contribution in [2.45, 2.75) is 25.8 Å². The Labute approximate surface area is 138 Å². The van der Waals surface area contributed by atoms with E-state index in [1.54, 1.807) is 36.6 Å². The number of nitrogens with zero attached hydrogens (tertiary/aromatic N) is 1. The zero-order chi connectivity index (χ0) is 16.9. The fraction of sp³-hybridized carbons (Fsp3) is 0.222. The lowest BCUT2D eigenvalue weighted by Gasteiger charge is -2.10. The molecule has 0 aliphatic rings. The summed E-state index contributed by atoms with van der Waals surface area (Å²) in [6, 6.07) is 9.70. The molecule has 2 heterocycles. The lowest BCUT2D eigenvalue weighted by molar-refractivity contribution is -0.121. The predicted octanol–water partition coefficient (Wildman–Crippen LogP) is 3.88. The number of oxazole rings is 1. The van der Waals surface area contributed by atoms with Gasteiger partial charge in [0, 0.05) is 12.8 Å². The molecule has 1 N–H and O–H groups in total. The molecule has 3 rings (SSSR count). The molecule has 0 saturated heterocycles. The third-order valence-corrected chi connectivity index (χ3v) is 3.61. The molecule has 0 aliphatic carbocycles. The van der Waals surface area contributed by atoms with E-state index in [9.17, 15) is 9.18 Å². The van der Waals surface area contributed by atoms with Crippen LogP contribution in [0, 0.1) is 5.82 Å². The quantitative estimate of drug-likeness (QED) is 0.745. The maximum absolute atomic E-state index is 13.7. The van der Waals surface area contributed by atoms with Gasteiger partial charge in [-0.2, -0.15) is 0 Å². The van der Waals surface area contributed by atoms with Crippen molar-refractivity contribution in [3.8, 4) is 11.3 Å². The highest BCUT2D eigenvalue weighted by atomic mass is 19.1. The summed E-state index contributed by atoms with van der Waals surface area (Å²) in [5.74, 6) is 0.942. The van der Waals surface area contributed by atoms with E-state index in [4.69, 9.17) is 8.83 Å². The normalized spacial score (nSPS) is 12.1. The molecule has 24 heavy (non-hydrogen) atoms. The van der Waals surface area contributed by atoms with Crippen LogP contribution in [0.1, 0.15) is 31.0 Å². The van der Waals surface area contributed by atoms with E-state index in [0.29, 0.717) is 29.4 Å². The maximum atomic E-state index is 13.7. The van der Waals surface area contributed by atoms with Gasteiger partial charge in [0.1, 0.15) is 11.6 Å². The van der Waals surface area contributed by atoms with E-state index in [-0.39, 0.29) is 24.2 Å². The van der Waals surface area contributed by atoms with Crippen molar-refractivity contribution in [3.63, 3.8) is 0 Å². The predicted molar refractivity (Wildman–Crippen MR) is 85.5 cm³/mol. The second-order valence-electron chi connectivity index (χ2n) is 5.40. The zero-order valence-electron chi connectivity index (χ0n) is 13.2. The van der Waals surface area contributed by atoms with Crippen LogP contribution in [0.15, 0.2) is 57.7 Å². The number of aromatic nitrogens is 1. The summed E-state index contributed by atoms with van der Waals surface area (Å²) in [7, 11) is 0. The van der Waals surface area contributed by atoms with E-state index in [1.165, 1.54) is 12.3 Å². The molecule has 1 atom stereocenters. The average molecular weight is 328 g/mol. The van der Waals surface area contributed by atoms with Crippen LogP contribution in [0.3, 0.4) is 0 Å². The van der Waals surface area contributed by atoms with Crippen molar-refractivity contribution in [1.29, 1.82) is 0 Å². The van der Waals surface area contributed by atoms with E-state index >= 15 is 0 Å². The first-order valence-electron chi connectivity index (χ1n) is 7.66. The minimum atomic E-state index is -0.370. The van der Waals surface area contributed by atoms with Crippen LogP contribution in [0.25, 0.3) is 11.3 Å². The number of carbonyl (C=O) groups excluding carboxylic acids is 1. The Hall–Kier alpha value is -2.89. The molecule has 0 aliphatic heterocycles. The Morgan fingerprint density at radius 1 is 1.29 bits per heavy atom. The largest absolute Gasteiger partial charge is 0.467 e. The molecule has 0 saturated carbocycles. The van der Waals surface area contributed by atoms with Crippen LogP contribution in [-0.2, 0) is 11.2 Å². The number of halogens is 1. The van der Waals surface area contributed by atoms with E-state index in [1.807, 2.05) is 6.92 Å². The first kappa shape index (κ1) is 16.0. The number of aryl methyl sites for hydroxylation is 1. The molecule has 1 amide bonds. The molecule has 0 bridgehead atoms. The molecule has 5 nitrogen and oxygen atoms in total. The second kappa shape index (κ2) is 7.12. The number of hydrogen-bond acceptors (Lipinski definition) is 4. The molecule has 0 fully saturated rings. The number of amides is 1. The van der Waals surface area contributed by atoms with Gasteiger partial charge in [-0.05, 0) is 31.2 Å². The highest BCUT2D eigenvalue weighted by Gasteiger charge is 2.14. The van der Waals surface area contributed by atoms with E-state index < -0.39 is 0 Å². The fourth-order valence-corrected chi connectivity index (χ4v) is 2.35. The first-order chi connectivity index (χ1) is 11.6. The number of carbonyl (C=O) groups is 1. The summed E-state index contributed by atoms with van der Waals surface area (Å²) in [6.07, 6.45) is 3.60.